The highest BCUT2D eigenvalue weighted by molar-refractivity contribution is 7.99. The molecule has 1 N–H and O–H groups in total. The number of nitrogens with zero attached hydrogens (tertiary/aromatic N) is 2. The second-order valence-electron chi connectivity index (χ2n) is 6.41. The van der Waals surface area contributed by atoms with E-state index in [1.54, 1.807) is 37.4 Å². The van der Waals surface area contributed by atoms with E-state index in [1.807, 2.05) is 6.07 Å². The number of hydrogen-bond acceptors (Lipinski definition) is 5. The van der Waals surface area contributed by atoms with Crippen LogP contribution in [0.2, 0.25) is 0 Å². The lowest BCUT2D eigenvalue weighted by atomic mass is 10.2. The van der Waals surface area contributed by atoms with Crippen molar-refractivity contribution in [1.29, 1.82) is 0 Å². The molecule has 0 radical (unpaired) electrons. The molecule has 0 unspecified atom stereocenters. The highest BCUT2D eigenvalue weighted by atomic mass is 32.2. The van der Waals surface area contributed by atoms with Crippen molar-refractivity contribution in [2.24, 2.45) is 0 Å². The molecule has 8 heteroatoms. The maximum Gasteiger partial charge on any atom is 0.262 e. The van der Waals surface area contributed by atoms with Crippen LogP contribution in [0.3, 0.4) is 0 Å². The lowest BCUT2D eigenvalue weighted by Crippen LogP contribution is -2.28. The minimum absolute atomic E-state index is 0.137. The second kappa shape index (κ2) is 10.2. The number of carbonyl (C=O) groups is 1. The van der Waals surface area contributed by atoms with Crippen LogP contribution in [0.4, 0.5) is 4.39 Å². The van der Waals surface area contributed by atoms with E-state index in [0.717, 1.165) is 12.0 Å². The topological polar surface area (TPSA) is 73.2 Å². The smallest absolute Gasteiger partial charge is 0.262 e. The molecule has 2 aromatic carbocycles. The molecular formula is C21H22FN3O3S. The molecule has 0 aliphatic carbocycles. The van der Waals surface area contributed by atoms with Crippen molar-refractivity contribution in [1.82, 2.24) is 14.9 Å². The third-order valence-corrected chi connectivity index (χ3v) is 5.24. The third kappa shape index (κ3) is 5.65. The summed E-state index contributed by atoms with van der Waals surface area (Å²) in [7, 11) is 1.61. The van der Waals surface area contributed by atoms with Crippen LogP contribution in [0.15, 0.2) is 58.5 Å². The summed E-state index contributed by atoms with van der Waals surface area (Å²) in [5.74, 6) is -0.333. The summed E-state index contributed by atoms with van der Waals surface area (Å²) < 4.78 is 19.7. The Balaban J connectivity index is 1.83. The van der Waals surface area contributed by atoms with Crippen molar-refractivity contribution in [2.45, 2.75) is 18.1 Å². The molecule has 0 aliphatic rings. The molecule has 0 saturated heterocycles. The zero-order chi connectivity index (χ0) is 20.6. The van der Waals surface area contributed by atoms with Crippen LogP contribution >= 0.6 is 11.8 Å². The highest BCUT2D eigenvalue weighted by Crippen LogP contribution is 2.19. The van der Waals surface area contributed by atoms with E-state index in [0.29, 0.717) is 29.2 Å². The molecule has 3 aromatic rings. The van der Waals surface area contributed by atoms with E-state index < -0.39 is 0 Å². The van der Waals surface area contributed by atoms with Gasteiger partial charge in [-0.3, -0.25) is 14.2 Å². The molecule has 0 spiro atoms. The number of carbonyl (C=O) groups excluding carboxylic acids is 1. The number of amides is 1. The molecule has 1 amide bonds. The van der Waals surface area contributed by atoms with Gasteiger partial charge >= 0.3 is 0 Å². The van der Waals surface area contributed by atoms with E-state index >= 15 is 0 Å². The van der Waals surface area contributed by atoms with Gasteiger partial charge in [-0.15, -0.1) is 0 Å². The average Bonchev–Trinajstić information content (AvgIpc) is 2.73. The number of benzene rings is 2. The first-order valence-corrected chi connectivity index (χ1v) is 10.2. The lowest BCUT2D eigenvalue weighted by molar-refractivity contribution is -0.118. The largest absolute Gasteiger partial charge is 0.385 e. The fraction of sp³-hybridized carbons (Fsp3) is 0.286. The molecule has 0 bridgehead atoms. The number of ether oxygens (including phenoxy) is 1. The Morgan fingerprint density at radius 3 is 2.72 bits per heavy atom. The zero-order valence-electron chi connectivity index (χ0n) is 16.1. The first-order valence-electron chi connectivity index (χ1n) is 9.21. The number of methoxy groups -OCH3 is 1. The lowest BCUT2D eigenvalue weighted by Gasteiger charge is -2.13. The van der Waals surface area contributed by atoms with Gasteiger partial charge < -0.3 is 10.1 Å². The van der Waals surface area contributed by atoms with Gasteiger partial charge in [-0.2, -0.15) is 0 Å². The van der Waals surface area contributed by atoms with Crippen LogP contribution in [0.25, 0.3) is 10.9 Å². The van der Waals surface area contributed by atoms with Crippen LogP contribution < -0.4 is 10.9 Å². The first kappa shape index (κ1) is 21.0. The summed E-state index contributed by atoms with van der Waals surface area (Å²) in [4.78, 5) is 29.7. The Labute approximate surface area is 172 Å². The van der Waals surface area contributed by atoms with E-state index in [2.05, 4.69) is 10.3 Å². The minimum Gasteiger partial charge on any atom is -0.385 e. The minimum atomic E-state index is -0.336. The molecule has 1 heterocycles. The summed E-state index contributed by atoms with van der Waals surface area (Å²) in [5.41, 5.74) is 1.16. The van der Waals surface area contributed by atoms with Crippen LogP contribution in [0.1, 0.15) is 12.0 Å². The number of fused-ring (bicyclic) bond motifs is 1. The quantitative estimate of drug-likeness (QED) is 0.331. The first-order chi connectivity index (χ1) is 14.1. The van der Waals surface area contributed by atoms with Crippen molar-refractivity contribution >= 4 is 28.6 Å². The summed E-state index contributed by atoms with van der Waals surface area (Å²) in [5, 5.41) is 3.77. The summed E-state index contributed by atoms with van der Waals surface area (Å²) >= 11 is 1.20. The SMILES string of the molecule is COCCCNC(=O)CSc1nc2ccccc2c(=O)n1Cc1ccc(F)cc1. The standard InChI is InChI=1S/C21H22FN3O3S/c1-28-12-4-11-23-19(26)14-29-21-24-18-6-3-2-5-17(18)20(27)25(21)13-15-7-9-16(22)10-8-15/h2-3,5-10H,4,11-14H2,1H3,(H,23,26). The van der Waals surface area contributed by atoms with Gasteiger partial charge in [0.1, 0.15) is 5.82 Å². The molecule has 152 valence electrons. The van der Waals surface area contributed by atoms with Gasteiger partial charge in [0, 0.05) is 20.3 Å². The predicted octanol–water partition coefficient (Wildman–Crippen LogP) is 2.83. The van der Waals surface area contributed by atoms with Crippen molar-refractivity contribution in [3.63, 3.8) is 0 Å². The molecule has 0 saturated carbocycles. The number of nitrogens with one attached hydrogen (secondary N) is 1. The van der Waals surface area contributed by atoms with Gasteiger partial charge in [0.05, 0.1) is 23.2 Å². The Morgan fingerprint density at radius 1 is 1.21 bits per heavy atom. The number of halogens is 1. The Kier molecular flexibility index (Phi) is 7.37. The van der Waals surface area contributed by atoms with E-state index in [9.17, 15) is 14.0 Å². The Bertz CT molecular complexity index is 1040. The van der Waals surface area contributed by atoms with Crippen LogP contribution in [-0.2, 0) is 16.1 Å². The van der Waals surface area contributed by atoms with E-state index in [-0.39, 0.29) is 29.6 Å². The number of aromatic nitrogens is 2. The summed E-state index contributed by atoms with van der Waals surface area (Å²) in [6.45, 7) is 1.35. The molecule has 6 nitrogen and oxygen atoms in total. The fourth-order valence-electron chi connectivity index (χ4n) is 2.80. The van der Waals surface area contributed by atoms with Gasteiger partial charge in [0.15, 0.2) is 5.16 Å². The number of rotatable bonds is 9. The summed E-state index contributed by atoms with van der Waals surface area (Å²) in [6.07, 6.45) is 0.733. The third-order valence-electron chi connectivity index (χ3n) is 4.26. The van der Waals surface area contributed by atoms with Gasteiger partial charge in [-0.1, -0.05) is 36.0 Å². The van der Waals surface area contributed by atoms with Crippen LogP contribution in [0.5, 0.6) is 0 Å². The monoisotopic (exact) mass is 415 g/mol. The van der Waals surface area contributed by atoms with Crippen molar-refractivity contribution in [3.05, 3.63) is 70.3 Å². The van der Waals surface area contributed by atoms with Crippen molar-refractivity contribution in [2.75, 3.05) is 26.0 Å². The normalized spacial score (nSPS) is 11.0. The molecule has 1 aromatic heterocycles. The van der Waals surface area contributed by atoms with Gasteiger partial charge in [-0.25, -0.2) is 9.37 Å². The predicted molar refractivity (Wildman–Crippen MR) is 112 cm³/mol. The van der Waals surface area contributed by atoms with Crippen molar-refractivity contribution < 1.29 is 13.9 Å². The molecule has 3 rings (SSSR count). The van der Waals surface area contributed by atoms with Gasteiger partial charge in [0.2, 0.25) is 5.91 Å². The van der Waals surface area contributed by atoms with Crippen molar-refractivity contribution in [3.8, 4) is 0 Å². The molecule has 0 aliphatic heterocycles. The molecule has 29 heavy (non-hydrogen) atoms. The number of para-hydroxylation sites is 1. The van der Waals surface area contributed by atoms with Crippen LogP contribution in [0, 0.1) is 5.82 Å². The average molecular weight is 415 g/mol. The molecular weight excluding hydrogens is 393 g/mol. The highest BCUT2D eigenvalue weighted by Gasteiger charge is 2.13. The maximum absolute atomic E-state index is 13.2. The maximum atomic E-state index is 13.2. The Morgan fingerprint density at radius 2 is 1.97 bits per heavy atom. The molecule has 0 atom stereocenters. The van der Waals surface area contributed by atoms with Gasteiger partial charge in [0.25, 0.3) is 5.56 Å². The summed E-state index contributed by atoms with van der Waals surface area (Å²) in [6, 6.07) is 13.1. The van der Waals surface area contributed by atoms with Crippen LogP contribution in [-0.4, -0.2) is 41.5 Å². The van der Waals surface area contributed by atoms with E-state index in [1.165, 1.54) is 28.5 Å². The zero-order valence-corrected chi connectivity index (χ0v) is 16.9. The van der Waals surface area contributed by atoms with Gasteiger partial charge in [-0.05, 0) is 36.2 Å². The molecule has 0 fully saturated rings. The fourth-order valence-corrected chi connectivity index (χ4v) is 3.62. The number of thioether (sulfide) groups is 1. The van der Waals surface area contributed by atoms with E-state index in [4.69, 9.17) is 4.74 Å². The number of hydrogen-bond donors (Lipinski definition) is 1. The second-order valence-corrected chi connectivity index (χ2v) is 7.36. The Hall–Kier alpha value is -2.71.